The smallest absolute Gasteiger partial charge is 0.341 e. The lowest BCUT2D eigenvalue weighted by Crippen LogP contribution is -2.09. The van der Waals surface area contributed by atoms with Crippen molar-refractivity contribution in [2.45, 2.75) is 20.5 Å². The normalized spacial score (nSPS) is 10.2. The molecule has 0 saturated heterocycles. The second-order valence-electron chi connectivity index (χ2n) is 3.46. The van der Waals surface area contributed by atoms with Crippen molar-refractivity contribution in [3.05, 3.63) is 39.9 Å². The van der Waals surface area contributed by atoms with E-state index in [0.29, 0.717) is 17.1 Å². The van der Waals surface area contributed by atoms with Crippen molar-refractivity contribution < 1.29 is 9.53 Å². The van der Waals surface area contributed by atoms with Crippen LogP contribution in [-0.2, 0) is 11.3 Å². The van der Waals surface area contributed by atoms with Gasteiger partial charge in [-0.2, -0.15) is 0 Å². The second kappa shape index (κ2) is 5.01. The molecule has 0 bridgehead atoms. The summed E-state index contributed by atoms with van der Waals surface area (Å²) >= 11 is 1.45. The number of aryl methyl sites for hydroxylation is 2. The molecule has 0 aromatic carbocycles. The molecule has 0 N–H and O–H groups in total. The van der Waals surface area contributed by atoms with Crippen molar-refractivity contribution in [2.24, 2.45) is 0 Å². The zero-order chi connectivity index (χ0) is 12.3. The Kier molecular flexibility index (Phi) is 3.43. The summed E-state index contributed by atoms with van der Waals surface area (Å²) in [5.74, 6) is 0.234. The highest BCUT2D eigenvalue weighted by Gasteiger charge is 2.12. The summed E-state index contributed by atoms with van der Waals surface area (Å²) in [6.07, 6.45) is 3.17. The number of ether oxygens (including phenoxy) is 1. The number of esters is 1. The van der Waals surface area contributed by atoms with Crippen LogP contribution in [0.4, 0.5) is 0 Å². The average Bonchev–Trinajstić information content (AvgIpc) is 2.78. The third kappa shape index (κ3) is 2.85. The van der Waals surface area contributed by atoms with E-state index in [9.17, 15) is 4.79 Å². The Balaban J connectivity index is 2.04. The van der Waals surface area contributed by atoms with Crippen molar-refractivity contribution in [2.75, 3.05) is 0 Å². The van der Waals surface area contributed by atoms with E-state index in [2.05, 4.69) is 15.0 Å². The summed E-state index contributed by atoms with van der Waals surface area (Å²) in [5, 5.41) is 0. The third-order valence-electron chi connectivity index (χ3n) is 2.15. The molecule has 6 heteroatoms. The van der Waals surface area contributed by atoms with Crippen molar-refractivity contribution >= 4 is 17.3 Å². The maximum absolute atomic E-state index is 11.8. The first-order chi connectivity index (χ1) is 8.16. The molecule has 2 aromatic rings. The van der Waals surface area contributed by atoms with Crippen LogP contribution in [0.25, 0.3) is 0 Å². The summed E-state index contributed by atoms with van der Waals surface area (Å²) in [4.78, 5) is 24.7. The fraction of sp³-hybridized carbons (Fsp3) is 0.273. The molecule has 5 nitrogen and oxygen atoms in total. The van der Waals surface area contributed by atoms with Gasteiger partial charge in [-0.15, -0.1) is 11.3 Å². The predicted molar refractivity (Wildman–Crippen MR) is 62.7 cm³/mol. The first-order valence-electron chi connectivity index (χ1n) is 5.01. The Morgan fingerprint density at radius 3 is 2.88 bits per heavy atom. The summed E-state index contributed by atoms with van der Waals surface area (Å²) in [6.45, 7) is 3.77. The van der Waals surface area contributed by atoms with E-state index < -0.39 is 5.97 Å². The lowest BCUT2D eigenvalue weighted by molar-refractivity contribution is 0.0474. The number of carbonyl (C=O) groups excluding carboxylic acids is 1. The minimum atomic E-state index is -0.407. The van der Waals surface area contributed by atoms with Crippen LogP contribution in [0.3, 0.4) is 0 Å². The van der Waals surface area contributed by atoms with Crippen molar-refractivity contribution in [1.29, 1.82) is 0 Å². The van der Waals surface area contributed by atoms with Gasteiger partial charge in [-0.05, 0) is 13.8 Å². The van der Waals surface area contributed by atoms with Crippen LogP contribution in [0.15, 0.2) is 17.9 Å². The number of hydrogen-bond donors (Lipinski definition) is 0. The fourth-order valence-electron chi connectivity index (χ4n) is 1.31. The molecule has 0 unspecified atom stereocenters. The fourth-order valence-corrected chi connectivity index (χ4v) is 1.82. The molecular formula is C11H11N3O2S. The highest BCUT2D eigenvalue weighted by Crippen LogP contribution is 2.10. The quantitative estimate of drug-likeness (QED) is 0.777. The predicted octanol–water partition coefficient (Wildman–Crippen LogP) is 1.91. The molecule has 0 radical (unpaired) electrons. The van der Waals surface area contributed by atoms with Crippen molar-refractivity contribution in [1.82, 2.24) is 15.0 Å². The van der Waals surface area contributed by atoms with E-state index in [1.165, 1.54) is 17.5 Å². The minimum absolute atomic E-state index is 0.233. The number of hydrogen-bond acceptors (Lipinski definition) is 6. The second-order valence-corrected chi connectivity index (χ2v) is 4.43. The molecule has 0 amide bonds. The molecule has 0 aliphatic carbocycles. The van der Waals surface area contributed by atoms with E-state index in [1.807, 2.05) is 0 Å². The van der Waals surface area contributed by atoms with Crippen LogP contribution < -0.4 is 0 Å². The standard InChI is InChI=1S/C11H11N3O2S/c1-7-10(4-13-8(2)14-7)11(15)16-5-9-3-12-6-17-9/h3-4,6H,5H2,1-2H3. The topological polar surface area (TPSA) is 65.0 Å². The Bertz CT molecular complexity index is 526. The minimum Gasteiger partial charge on any atom is -0.456 e. The van der Waals surface area contributed by atoms with Gasteiger partial charge in [-0.1, -0.05) is 0 Å². The molecule has 0 atom stereocenters. The molecule has 0 aliphatic heterocycles. The molecule has 0 aliphatic rings. The van der Waals surface area contributed by atoms with Gasteiger partial charge < -0.3 is 4.74 Å². The van der Waals surface area contributed by atoms with Gasteiger partial charge in [0.15, 0.2) is 0 Å². The molecule has 0 saturated carbocycles. The maximum atomic E-state index is 11.8. The highest BCUT2D eigenvalue weighted by atomic mass is 32.1. The Morgan fingerprint density at radius 2 is 2.24 bits per heavy atom. The van der Waals surface area contributed by atoms with Crippen LogP contribution in [-0.4, -0.2) is 20.9 Å². The first kappa shape index (κ1) is 11.7. The van der Waals surface area contributed by atoms with E-state index in [1.54, 1.807) is 25.6 Å². The van der Waals surface area contributed by atoms with Gasteiger partial charge in [0, 0.05) is 12.4 Å². The van der Waals surface area contributed by atoms with Gasteiger partial charge in [0.05, 0.1) is 21.6 Å². The molecule has 2 heterocycles. The van der Waals surface area contributed by atoms with Crippen LogP contribution in [0.2, 0.25) is 0 Å². The molecular weight excluding hydrogens is 238 g/mol. The zero-order valence-corrected chi connectivity index (χ0v) is 10.3. The zero-order valence-electron chi connectivity index (χ0n) is 9.51. The van der Waals surface area contributed by atoms with Gasteiger partial charge in [0.1, 0.15) is 12.4 Å². The number of aromatic nitrogens is 3. The van der Waals surface area contributed by atoms with Gasteiger partial charge in [0.2, 0.25) is 0 Å². The first-order valence-corrected chi connectivity index (χ1v) is 5.89. The van der Waals surface area contributed by atoms with Gasteiger partial charge in [-0.25, -0.2) is 14.8 Å². The Labute approximate surface area is 103 Å². The molecule has 0 fully saturated rings. The molecule has 17 heavy (non-hydrogen) atoms. The number of nitrogens with zero attached hydrogens (tertiary/aromatic N) is 3. The highest BCUT2D eigenvalue weighted by molar-refractivity contribution is 7.09. The number of thiazole rings is 1. The van der Waals surface area contributed by atoms with E-state index in [-0.39, 0.29) is 6.61 Å². The van der Waals surface area contributed by atoms with E-state index in [0.717, 1.165) is 4.88 Å². The lowest BCUT2D eigenvalue weighted by Gasteiger charge is -2.05. The molecule has 88 valence electrons. The lowest BCUT2D eigenvalue weighted by atomic mass is 10.2. The summed E-state index contributed by atoms with van der Waals surface area (Å²) in [5.41, 5.74) is 2.73. The summed E-state index contributed by atoms with van der Waals surface area (Å²) < 4.78 is 5.14. The third-order valence-corrected chi connectivity index (χ3v) is 2.90. The monoisotopic (exact) mass is 249 g/mol. The van der Waals surface area contributed by atoms with Crippen molar-refractivity contribution in [3.8, 4) is 0 Å². The molecule has 2 rings (SSSR count). The maximum Gasteiger partial charge on any atom is 0.341 e. The summed E-state index contributed by atoms with van der Waals surface area (Å²) in [7, 11) is 0. The van der Waals surface area contributed by atoms with Crippen LogP contribution >= 0.6 is 11.3 Å². The molecule has 2 aromatic heterocycles. The Morgan fingerprint density at radius 1 is 1.41 bits per heavy atom. The number of rotatable bonds is 3. The summed E-state index contributed by atoms with van der Waals surface area (Å²) in [6, 6.07) is 0. The van der Waals surface area contributed by atoms with E-state index >= 15 is 0 Å². The van der Waals surface area contributed by atoms with Crippen LogP contribution in [0, 0.1) is 13.8 Å². The van der Waals surface area contributed by atoms with Crippen LogP contribution in [0.5, 0.6) is 0 Å². The largest absolute Gasteiger partial charge is 0.456 e. The number of carbonyl (C=O) groups is 1. The molecule has 0 spiro atoms. The van der Waals surface area contributed by atoms with Gasteiger partial charge in [-0.3, -0.25) is 4.98 Å². The van der Waals surface area contributed by atoms with Gasteiger partial charge in [0.25, 0.3) is 0 Å². The van der Waals surface area contributed by atoms with E-state index in [4.69, 9.17) is 4.74 Å². The van der Waals surface area contributed by atoms with Crippen molar-refractivity contribution in [3.63, 3.8) is 0 Å². The van der Waals surface area contributed by atoms with Crippen LogP contribution in [0.1, 0.15) is 26.8 Å². The van der Waals surface area contributed by atoms with Gasteiger partial charge >= 0.3 is 5.97 Å². The SMILES string of the molecule is Cc1ncc(C(=O)OCc2cncs2)c(C)n1. The average molecular weight is 249 g/mol. The Hall–Kier alpha value is -1.82.